The maximum atomic E-state index is 12.9. The summed E-state index contributed by atoms with van der Waals surface area (Å²) in [4.78, 5) is 12.9. The van der Waals surface area contributed by atoms with Gasteiger partial charge in [0.1, 0.15) is 28.7 Å². The van der Waals surface area contributed by atoms with E-state index in [1.54, 1.807) is 38.1 Å². The van der Waals surface area contributed by atoms with Crippen LogP contribution in [-0.4, -0.2) is 12.2 Å². The van der Waals surface area contributed by atoms with E-state index < -0.39 is 0 Å². The van der Waals surface area contributed by atoms with Crippen molar-refractivity contribution in [2.45, 2.75) is 13.8 Å². The lowest BCUT2D eigenvalue weighted by molar-refractivity contribution is 0.400. The molecule has 0 radical (unpaired) electrons. The molecule has 1 aromatic heterocycles. The Bertz CT molecular complexity index is 1040. The molecule has 0 unspecified atom stereocenters. The zero-order valence-corrected chi connectivity index (χ0v) is 13.5. The molecule has 1 N–H and O–H groups in total. The molecule has 0 saturated heterocycles. The van der Waals surface area contributed by atoms with Crippen molar-refractivity contribution in [3.8, 4) is 28.7 Å². The molecule has 0 atom stereocenters. The molecule has 5 nitrogen and oxygen atoms in total. The number of fused-ring (bicyclic) bond motifs is 1. The van der Waals surface area contributed by atoms with Crippen LogP contribution in [0.4, 0.5) is 0 Å². The van der Waals surface area contributed by atoms with Crippen molar-refractivity contribution in [3.63, 3.8) is 0 Å². The van der Waals surface area contributed by atoms with Crippen LogP contribution in [0.2, 0.25) is 0 Å². The molecule has 3 rings (SSSR count). The van der Waals surface area contributed by atoms with Crippen molar-refractivity contribution in [3.05, 3.63) is 57.4 Å². The number of nitrogens with zero attached hydrogens (tertiary/aromatic N) is 1. The van der Waals surface area contributed by atoms with Gasteiger partial charge in [-0.2, -0.15) is 5.26 Å². The summed E-state index contributed by atoms with van der Waals surface area (Å²) in [5, 5.41) is 19.4. The van der Waals surface area contributed by atoms with E-state index in [2.05, 4.69) is 0 Å². The predicted octanol–water partition coefficient (Wildman–Crippen LogP) is 3.66. The number of aryl methyl sites for hydroxylation is 1. The van der Waals surface area contributed by atoms with Crippen molar-refractivity contribution in [2.24, 2.45) is 0 Å². The fraction of sp³-hybridized carbons (Fsp3) is 0.158. The van der Waals surface area contributed by atoms with Gasteiger partial charge in [-0.15, -0.1) is 0 Å². The molecule has 3 aromatic rings. The van der Waals surface area contributed by atoms with E-state index in [0.717, 1.165) is 0 Å². The first-order chi connectivity index (χ1) is 11.5. The number of benzene rings is 2. The van der Waals surface area contributed by atoms with Crippen LogP contribution in [0.5, 0.6) is 11.5 Å². The highest BCUT2D eigenvalue weighted by Gasteiger charge is 2.20. The summed E-state index contributed by atoms with van der Waals surface area (Å²) in [6, 6.07) is 8.64. The average Bonchev–Trinajstić information content (AvgIpc) is 2.60. The Kier molecular flexibility index (Phi) is 3.74. The first kappa shape index (κ1) is 15.6. The highest BCUT2D eigenvalue weighted by atomic mass is 16.5. The summed E-state index contributed by atoms with van der Waals surface area (Å²) in [6.07, 6.45) is 1.37. The highest BCUT2D eigenvalue weighted by Crippen LogP contribution is 2.38. The van der Waals surface area contributed by atoms with Crippen LogP contribution in [0, 0.1) is 25.2 Å². The molecule has 24 heavy (non-hydrogen) atoms. The van der Waals surface area contributed by atoms with Crippen molar-refractivity contribution in [1.82, 2.24) is 0 Å². The molecule has 0 aliphatic carbocycles. The predicted molar refractivity (Wildman–Crippen MR) is 90.3 cm³/mol. The third kappa shape index (κ3) is 2.20. The second-order valence-electron chi connectivity index (χ2n) is 5.50. The summed E-state index contributed by atoms with van der Waals surface area (Å²) in [7, 11) is 1.50. The van der Waals surface area contributed by atoms with Crippen LogP contribution in [-0.2, 0) is 0 Å². The number of aromatic hydroxyl groups is 1. The smallest absolute Gasteiger partial charge is 0.204 e. The third-order valence-corrected chi connectivity index (χ3v) is 4.14. The molecule has 1 heterocycles. The Hall–Kier alpha value is -3.26. The first-order valence-electron chi connectivity index (χ1n) is 7.31. The Balaban J connectivity index is 2.34. The zero-order valence-electron chi connectivity index (χ0n) is 13.5. The number of phenols is 1. The van der Waals surface area contributed by atoms with E-state index in [0.29, 0.717) is 39.1 Å². The van der Waals surface area contributed by atoms with E-state index in [4.69, 9.17) is 14.4 Å². The topological polar surface area (TPSA) is 83.5 Å². The number of hydrogen-bond acceptors (Lipinski definition) is 5. The van der Waals surface area contributed by atoms with E-state index in [-0.39, 0.29) is 16.6 Å². The van der Waals surface area contributed by atoms with Crippen LogP contribution in [0.15, 0.2) is 39.7 Å². The van der Waals surface area contributed by atoms with Gasteiger partial charge >= 0.3 is 0 Å². The Labute approximate surface area is 138 Å². The van der Waals surface area contributed by atoms with E-state index >= 15 is 0 Å². The monoisotopic (exact) mass is 321 g/mol. The van der Waals surface area contributed by atoms with Crippen LogP contribution >= 0.6 is 0 Å². The molecule has 0 amide bonds. The minimum Gasteiger partial charge on any atom is -0.507 e. The summed E-state index contributed by atoms with van der Waals surface area (Å²) < 4.78 is 10.9. The number of nitriles is 1. The van der Waals surface area contributed by atoms with E-state index in [1.807, 2.05) is 6.07 Å². The molecule has 0 aliphatic rings. The highest BCUT2D eigenvalue weighted by molar-refractivity contribution is 5.92. The molecule has 5 heteroatoms. The Morgan fingerprint density at radius 2 is 1.83 bits per heavy atom. The molecule has 2 aromatic carbocycles. The minimum atomic E-state index is -0.327. The lowest BCUT2D eigenvalue weighted by Gasteiger charge is -2.13. The van der Waals surface area contributed by atoms with E-state index in [1.165, 1.54) is 13.4 Å². The van der Waals surface area contributed by atoms with Crippen LogP contribution in [0.3, 0.4) is 0 Å². The first-order valence-corrected chi connectivity index (χ1v) is 7.31. The van der Waals surface area contributed by atoms with Gasteiger partial charge in [-0.25, -0.2) is 0 Å². The SMILES string of the molecule is COc1c(C)c(O)c2c(=O)c(-c3ccc(C#N)cc3)coc2c1C. The van der Waals surface area contributed by atoms with Crippen molar-refractivity contribution >= 4 is 11.0 Å². The number of rotatable bonds is 2. The van der Waals surface area contributed by atoms with Gasteiger partial charge in [0.25, 0.3) is 0 Å². The minimum absolute atomic E-state index is 0.132. The Morgan fingerprint density at radius 1 is 1.17 bits per heavy atom. The number of phenolic OH excluding ortho intramolecular Hbond substituents is 1. The van der Waals surface area contributed by atoms with Gasteiger partial charge in [0, 0.05) is 11.1 Å². The second-order valence-corrected chi connectivity index (χ2v) is 5.50. The van der Waals surface area contributed by atoms with Crippen LogP contribution < -0.4 is 10.2 Å². The maximum absolute atomic E-state index is 12.9. The van der Waals surface area contributed by atoms with Gasteiger partial charge in [-0.1, -0.05) is 12.1 Å². The van der Waals surface area contributed by atoms with Crippen LogP contribution in [0.25, 0.3) is 22.1 Å². The normalized spacial score (nSPS) is 10.6. The molecular weight excluding hydrogens is 306 g/mol. The van der Waals surface area contributed by atoms with Gasteiger partial charge in [0.15, 0.2) is 0 Å². The molecule has 0 fully saturated rings. The van der Waals surface area contributed by atoms with Crippen molar-refractivity contribution in [1.29, 1.82) is 5.26 Å². The lowest BCUT2D eigenvalue weighted by atomic mass is 10.00. The molecule has 0 saturated carbocycles. The quantitative estimate of drug-likeness (QED) is 0.778. The molecule has 0 aliphatic heterocycles. The van der Waals surface area contributed by atoms with Crippen molar-refractivity contribution in [2.75, 3.05) is 7.11 Å². The molecule has 120 valence electrons. The second kappa shape index (κ2) is 5.74. The lowest BCUT2D eigenvalue weighted by Crippen LogP contribution is -2.07. The number of hydrogen-bond donors (Lipinski definition) is 1. The fourth-order valence-electron chi connectivity index (χ4n) is 2.87. The zero-order chi connectivity index (χ0) is 17.4. The number of methoxy groups -OCH3 is 1. The molecule has 0 bridgehead atoms. The molecule has 0 spiro atoms. The van der Waals surface area contributed by atoms with Gasteiger partial charge < -0.3 is 14.3 Å². The summed E-state index contributed by atoms with van der Waals surface area (Å²) in [5.41, 5.74) is 2.58. The summed E-state index contributed by atoms with van der Waals surface area (Å²) in [6.45, 7) is 3.46. The van der Waals surface area contributed by atoms with Crippen LogP contribution in [0.1, 0.15) is 16.7 Å². The maximum Gasteiger partial charge on any atom is 0.204 e. The summed E-state index contributed by atoms with van der Waals surface area (Å²) >= 11 is 0. The Morgan fingerprint density at radius 3 is 2.42 bits per heavy atom. The van der Waals surface area contributed by atoms with Gasteiger partial charge in [-0.3, -0.25) is 4.79 Å². The number of ether oxygens (including phenoxy) is 1. The van der Waals surface area contributed by atoms with Crippen molar-refractivity contribution < 1.29 is 14.3 Å². The largest absolute Gasteiger partial charge is 0.507 e. The third-order valence-electron chi connectivity index (χ3n) is 4.14. The molecular formula is C19H15NO4. The van der Waals surface area contributed by atoms with Gasteiger partial charge in [0.2, 0.25) is 5.43 Å². The van der Waals surface area contributed by atoms with E-state index in [9.17, 15) is 9.90 Å². The van der Waals surface area contributed by atoms with Gasteiger partial charge in [-0.05, 0) is 31.5 Å². The fourth-order valence-corrected chi connectivity index (χ4v) is 2.87. The van der Waals surface area contributed by atoms with Gasteiger partial charge in [0.05, 0.1) is 24.3 Å². The average molecular weight is 321 g/mol. The standard InChI is InChI=1S/C19H15NO4/c1-10-16(21)15-17(22)14(13-6-4-12(8-20)5-7-13)9-24-19(15)11(2)18(10)23-3/h4-7,9,21H,1-3H3. The summed E-state index contributed by atoms with van der Waals surface area (Å²) in [5.74, 6) is 0.353.